The number of nitrogens with one attached hydrogen (secondary N) is 3. The van der Waals surface area contributed by atoms with Gasteiger partial charge in [0.1, 0.15) is 22.7 Å². The fraction of sp³-hybridized carbons (Fsp3) is 0.308. The lowest BCUT2D eigenvalue weighted by atomic mass is 10.0. The van der Waals surface area contributed by atoms with E-state index in [1.165, 1.54) is 18.3 Å². The van der Waals surface area contributed by atoms with Crippen LogP contribution in [-0.2, 0) is 16.0 Å². The molecule has 3 aromatic rings. The second kappa shape index (κ2) is 11.4. The van der Waals surface area contributed by atoms with Gasteiger partial charge in [0, 0.05) is 30.9 Å². The molecular weight excluding hydrogens is 501 g/mol. The molecule has 1 aliphatic heterocycles. The van der Waals surface area contributed by atoms with Crippen molar-refractivity contribution in [2.24, 2.45) is 0 Å². The van der Waals surface area contributed by atoms with Crippen LogP contribution >= 0.6 is 11.6 Å². The Labute approximate surface area is 218 Å². The molecule has 0 unspecified atom stereocenters. The summed E-state index contributed by atoms with van der Waals surface area (Å²) in [5.74, 6) is -0.932. The first kappa shape index (κ1) is 26.2. The summed E-state index contributed by atoms with van der Waals surface area (Å²) in [6.07, 6.45) is 2.28. The molecule has 9 nitrogen and oxygen atoms in total. The van der Waals surface area contributed by atoms with Gasteiger partial charge in [0.05, 0.1) is 17.5 Å². The number of aromatic amines is 1. The van der Waals surface area contributed by atoms with Gasteiger partial charge >= 0.3 is 6.09 Å². The van der Waals surface area contributed by atoms with Crippen LogP contribution in [0.15, 0.2) is 54.9 Å². The molecule has 11 heteroatoms. The zero-order valence-corrected chi connectivity index (χ0v) is 21.0. The lowest BCUT2D eigenvalue weighted by molar-refractivity contribution is -0.123. The van der Waals surface area contributed by atoms with Gasteiger partial charge in [-0.05, 0) is 49.6 Å². The van der Waals surface area contributed by atoms with E-state index in [9.17, 15) is 18.8 Å². The molecule has 1 aromatic carbocycles. The predicted molar refractivity (Wildman–Crippen MR) is 136 cm³/mol. The van der Waals surface area contributed by atoms with E-state index < -0.39 is 23.9 Å². The Morgan fingerprint density at radius 3 is 2.62 bits per heavy atom. The summed E-state index contributed by atoms with van der Waals surface area (Å²) >= 11 is 5.94. The fourth-order valence-corrected chi connectivity index (χ4v) is 4.32. The number of aromatic nitrogens is 2. The summed E-state index contributed by atoms with van der Waals surface area (Å²) in [4.78, 5) is 46.9. The van der Waals surface area contributed by atoms with E-state index in [0.29, 0.717) is 53.3 Å². The lowest BCUT2D eigenvalue weighted by Gasteiger charge is -2.32. The van der Waals surface area contributed by atoms with E-state index in [1.807, 2.05) is 0 Å². The van der Waals surface area contributed by atoms with Crippen LogP contribution in [0.5, 0.6) is 0 Å². The SMILES string of the molecule is C=C(C)OC(=O)N1CCC(NC(=O)[C@H](Cc2ccc(F)cc2)NC(=O)c2cc3cc(Cl)ncc3[nH]2)CC1. The molecule has 194 valence electrons. The minimum Gasteiger partial charge on any atom is -0.416 e. The van der Waals surface area contributed by atoms with Crippen LogP contribution in [0.3, 0.4) is 0 Å². The highest BCUT2D eigenvalue weighted by molar-refractivity contribution is 6.30. The van der Waals surface area contributed by atoms with Gasteiger partial charge in [-0.15, -0.1) is 0 Å². The Morgan fingerprint density at radius 1 is 1.24 bits per heavy atom. The molecule has 0 saturated carbocycles. The average Bonchev–Trinajstić information content (AvgIpc) is 3.28. The van der Waals surface area contributed by atoms with Crippen LogP contribution in [0.25, 0.3) is 10.9 Å². The van der Waals surface area contributed by atoms with Crippen molar-refractivity contribution in [1.29, 1.82) is 0 Å². The van der Waals surface area contributed by atoms with Gasteiger partial charge in [0.15, 0.2) is 0 Å². The number of hydrogen-bond donors (Lipinski definition) is 3. The molecule has 1 fully saturated rings. The molecular formula is C26H27ClFN5O4. The Kier molecular flexibility index (Phi) is 8.08. The highest BCUT2D eigenvalue weighted by Crippen LogP contribution is 2.18. The molecule has 1 aliphatic rings. The fourth-order valence-electron chi connectivity index (χ4n) is 4.15. The van der Waals surface area contributed by atoms with Crippen LogP contribution < -0.4 is 10.6 Å². The maximum Gasteiger partial charge on any atom is 0.414 e. The Bertz CT molecular complexity index is 1320. The minimum atomic E-state index is -0.919. The number of piperidine rings is 1. The molecule has 37 heavy (non-hydrogen) atoms. The van der Waals surface area contributed by atoms with E-state index in [2.05, 4.69) is 27.2 Å². The molecule has 0 spiro atoms. The molecule has 1 saturated heterocycles. The van der Waals surface area contributed by atoms with Gasteiger partial charge in [-0.1, -0.05) is 30.3 Å². The van der Waals surface area contributed by atoms with Crippen molar-refractivity contribution in [3.05, 3.63) is 77.2 Å². The van der Waals surface area contributed by atoms with Crippen LogP contribution in [0.2, 0.25) is 5.15 Å². The first-order valence-corrected chi connectivity index (χ1v) is 12.2. The van der Waals surface area contributed by atoms with E-state index in [-0.39, 0.29) is 24.1 Å². The summed E-state index contributed by atoms with van der Waals surface area (Å²) in [7, 11) is 0. The summed E-state index contributed by atoms with van der Waals surface area (Å²) < 4.78 is 18.5. The number of nitrogens with zero attached hydrogens (tertiary/aromatic N) is 2. The minimum absolute atomic E-state index is 0.162. The van der Waals surface area contributed by atoms with Gasteiger partial charge in [-0.3, -0.25) is 9.59 Å². The number of amides is 3. The largest absolute Gasteiger partial charge is 0.416 e. The van der Waals surface area contributed by atoms with E-state index >= 15 is 0 Å². The summed E-state index contributed by atoms with van der Waals surface area (Å²) in [6.45, 7) is 6.00. The number of halogens is 2. The third-order valence-corrected chi connectivity index (χ3v) is 6.26. The first-order chi connectivity index (χ1) is 17.7. The van der Waals surface area contributed by atoms with E-state index in [1.54, 1.807) is 36.1 Å². The second-order valence-electron chi connectivity index (χ2n) is 8.97. The number of carbonyl (C=O) groups is 3. The lowest BCUT2D eigenvalue weighted by Crippen LogP contribution is -2.53. The number of allylic oxidation sites excluding steroid dienone is 1. The smallest absolute Gasteiger partial charge is 0.414 e. The molecule has 3 amide bonds. The van der Waals surface area contributed by atoms with Gasteiger partial charge in [0.25, 0.3) is 5.91 Å². The number of rotatable bonds is 7. The number of hydrogen-bond acceptors (Lipinski definition) is 5. The standard InChI is InChI=1S/C26H27ClFN5O4/c1-15(2)37-26(36)33-9-7-19(8-10-33)30-24(34)20(11-16-3-5-18(28)6-4-16)32-25(35)21-12-17-13-23(27)29-14-22(17)31-21/h3-6,12-14,19-20,31H,1,7-11H2,2H3,(H,30,34)(H,32,35)/t20-/m0/s1. The van der Waals surface area contributed by atoms with Gasteiger partial charge in [0.2, 0.25) is 5.91 Å². The topological polar surface area (TPSA) is 116 Å². The maximum absolute atomic E-state index is 13.4. The van der Waals surface area contributed by atoms with E-state index in [4.69, 9.17) is 16.3 Å². The van der Waals surface area contributed by atoms with Crippen molar-refractivity contribution in [2.45, 2.75) is 38.3 Å². The summed E-state index contributed by atoms with van der Waals surface area (Å²) in [6, 6.07) is 7.91. The van der Waals surface area contributed by atoms with Crippen molar-refractivity contribution in [2.75, 3.05) is 13.1 Å². The van der Waals surface area contributed by atoms with Crippen LogP contribution in [-0.4, -0.2) is 57.9 Å². The molecule has 3 heterocycles. The van der Waals surface area contributed by atoms with Crippen molar-refractivity contribution in [1.82, 2.24) is 25.5 Å². The summed E-state index contributed by atoms with van der Waals surface area (Å²) in [5, 5.41) is 6.77. The van der Waals surface area contributed by atoms with Gasteiger partial charge in [-0.2, -0.15) is 0 Å². The number of ether oxygens (including phenoxy) is 1. The van der Waals surface area contributed by atoms with Crippen LogP contribution in [0.4, 0.5) is 9.18 Å². The molecule has 1 atom stereocenters. The highest BCUT2D eigenvalue weighted by atomic mass is 35.5. The number of carbonyl (C=O) groups excluding carboxylic acids is 3. The summed E-state index contributed by atoms with van der Waals surface area (Å²) in [5.41, 5.74) is 1.57. The molecule has 4 rings (SSSR count). The zero-order valence-electron chi connectivity index (χ0n) is 20.2. The van der Waals surface area contributed by atoms with Crippen molar-refractivity contribution >= 4 is 40.4 Å². The average molecular weight is 528 g/mol. The van der Waals surface area contributed by atoms with Crippen molar-refractivity contribution in [3.8, 4) is 0 Å². The monoisotopic (exact) mass is 527 g/mol. The van der Waals surface area contributed by atoms with Crippen molar-refractivity contribution in [3.63, 3.8) is 0 Å². The predicted octanol–water partition coefficient (Wildman–Crippen LogP) is 3.95. The molecule has 0 bridgehead atoms. The van der Waals surface area contributed by atoms with E-state index in [0.717, 1.165) is 0 Å². The Hall–Kier alpha value is -3.92. The van der Waals surface area contributed by atoms with Crippen LogP contribution in [0, 0.1) is 5.82 Å². The number of fused-ring (bicyclic) bond motifs is 1. The first-order valence-electron chi connectivity index (χ1n) is 11.8. The Morgan fingerprint density at radius 2 is 1.95 bits per heavy atom. The highest BCUT2D eigenvalue weighted by Gasteiger charge is 2.29. The van der Waals surface area contributed by atoms with Crippen molar-refractivity contribution < 1.29 is 23.5 Å². The van der Waals surface area contributed by atoms with Gasteiger partial charge in [-0.25, -0.2) is 14.2 Å². The number of H-pyrrole nitrogens is 1. The number of pyridine rings is 1. The molecule has 0 aliphatic carbocycles. The quantitative estimate of drug-likeness (QED) is 0.318. The maximum atomic E-state index is 13.4. The molecule has 3 N–H and O–H groups in total. The second-order valence-corrected chi connectivity index (χ2v) is 9.36. The molecule has 0 radical (unpaired) electrons. The zero-order chi connectivity index (χ0) is 26.5. The number of benzene rings is 1. The normalized spacial score (nSPS) is 14.7. The third-order valence-electron chi connectivity index (χ3n) is 6.05. The van der Waals surface area contributed by atoms with Gasteiger partial charge < -0.3 is 25.3 Å². The third kappa shape index (κ3) is 6.85. The van der Waals surface area contributed by atoms with Crippen LogP contribution in [0.1, 0.15) is 35.8 Å². The number of likely N-dealkylation sites (tertiary alicyclic amines) is 1. The molecule has 2 aromatic heterocycles. The Balaban J connectivity index is 1.44.